The molecular formula is C11H20N2O3Si. The molecule has 6 heteroatoms. The summed E-state index contributed by atoms with van der Waals surface area (Å²) in [5, 5.41) is 8.97. The molecule has 1 heterocycles. The Morgan fingerprint density at radius 3 is 2.53 bits per heavy atom. The van der Waals surface area contributed by atoms with E-state index in [9.17, 15) is 4.79 Å². The molecule has 1 unspecified atom stereocenters. The van der Waals surface area contributed by atoms with Crippen LogP contribution in [0.3, 0.4) is 0 Å². The van der Waals surface area contributed by atoms with Gasteiger partial charge in [0.25, 0.3) is 0 Å². The Morgan fingerprint density at radius 1 is 1.47 bits per heavy atom. The topological polar surface area (TPSA) is 64.4 Å². The summed E-state index contributed by atoms with van der Waals surface area (Å²) >= 11 is 0. The summed E-state index contributed by atoms with van der Waals surface area (Å²) in [6, 6.07) is 0. The van der Waals surface area contributed by atoms with E-state index in [0.717, 1.165) is 0 Å². The van der Waals surface area contributed by atoms with Crippen molar-refractivity contribution < 1.29 is 14.6 Å². The third kappa shape index (κ3) is 3.40. The van der Waals surface area contributed by atoms with Gasteiger partial charge in [-0.25, -0.2) is 9.78 Å². The van der Waals surface area contributed by atoms with Gasteiger partial charge in [0.05, 0.1) is 8.07 Å². The van der Waals surface area contributed by atoms with Crippen LogP contribution < -0.4 is 0 Å². The zero-order chi connectivity index (χ0) is 13.2. The highest BCUT2D eigenvalue weighted by Crippen LogP contribution is 2.19. The highest BCUT2D eigenvalue weighted by Gasteiger charge is 2.26. The van der Waals surface area contributed by atoms with Gasteiger partial charge in [0.1, 0.15) is 6.23 Å². The maximum Gasteiger partial charge on any atom is 0.372 e. The molecule has 0 bridgehead atoms. The van der Waals surface area contributed by atoms with Crippen LogP contribution in [0.25, 0.3) is 0 Å². The molecule has 0 aliphatic carbocycles. The molecule has 96 valence electrons. The van der Waals surface area contributed by atoms with Crippen molar-refractivity contribution in [3.8, 4) is 0 Å². The number of carboxylic acids is 1. The van der Waals surface area contributed by atoms with E-state index in [0.29, 0.717) is 0 Å². The Kier molecular flexibility index (Phi) is 4.10. The second kappa shape index (κ2) is 5.01. The Hall–Kier alpha value is -1.14. The fourth-order valence-corrected chi connectivity index (χ4v) is 1.94. The molecule has 0 fully saturated rings. The van der Waals surface area contributed by atoms with E-state index in [2.05, 4.69) is 24.6 Å². The van der Waals surface area contributed by atoms with Crippen LogP contribution in [0, 0.1) is 0 Å². The molecule has 1 rings (SSSR count). The molecule has 2 atom stereocenters. The highest BCUT2D eigenvalue weighted by atomic mass is 28.3. The van der Waals surface area contributed by atoms with E-state index in [1.54, 1.807) is 10.8 Å². The van der Waals surface area contributed by atoms with Crippen LogP contribution in [-0.2, 0) is 4.74 Å². The molecule has 0 saturated heterocycles. The lowest BCUT2D eigenvalue weighted by Crippen LogP contribution is -2.39. The van der Waals surface area contributed by atoms with Gasteiger partial charge in [-0.2, -0.15) is 0 Å². The van der Waals surface area contributed by atoms with Gasteiger partial charge in [-0.05, 0) is 13.8 Å². The quantitative estimate of drug-likeness (QED) is 0.821. The standard InChI is InChI=1S/C11H20N2O3Si/c1-8(16-9(2)17(3,4)5)13-7-6-12-10(13)11(14)15/h6-9H,1-5H3,(H,14,15)/t8-,9?/m0/s1. The number of imidazole rings is 1. The number of carbonyl (C=O) groups is 1. The van der Waals surface area contributed by atoms with Gasteiger partial charge in [-0.15, -0.1) is 0 Å². The van der Waals surface area contributed by atoms with E-state index < -0.39 is 14.0 Å². The summed E-state index contributed by atoms with van der Waals surface area (Å²) in [5.41, 5.74) is 0.154. The largest absolute Gasteiger partial charge is 0.475 e. The van der Waals surface area contributed by atoms with Crippen LogP contribution in [0.2, 0.25) is 19.6 Å². The third-order valence-electron chi connectivity index (χ3n) is 2.87. The number of ether oxygens (including phenoxy) is 1. The lowest BCUT2D eigenvalue weighted by molar-refractivity contribution is -0.00424. The number of aromatic nitrogens is 2. The van der Waals surface area contributed by atoms with Crippen LogP contribution in [0.15, 0.2) is 12.4 Å². The maximum atomic E-state index is 10.9. The first kappa shape index (κ1) is 13.9. The zero-order valence-corrected chi connectivity index (χ0v) is 12.0. The van der Waals surface area contributed by atoms with Crippen LogP contribution in [0.4, 0.5) is 0 Å². The lowest BCUT2D eigenvalue weighted by atomic mass is 10.5. The molecule has 1 N–H and O–H groups in total. The van der Waals surface area contributed by atoms with E-state index in [1.165, 1.54) is 6.20 Å². The summed E-state index contributed by atoms with van der Waals surface area (Å²) in [6.07, 6.45) is 2.79. The van der Waals surface area contributed by atoms with Crippen LogP contribution in [0.1, 0.15) is 30.7 Å². The monoisotopic (exact) mass is 256 g/mol. The van der Waals surface area contributed by atoms with Crippen molar-refractivity contribution in [2.75, 3.05) is 0 Å². The first-order chi connectivity index (χ1) is 7.73. The van der Waals surface area contributed by atoms with E-state index >= 15 is 0 Å². The van der Waals surface area contributed by atoms with E-state index in [4.69, 9.17) is 9.84 Å². The molecule has 0 radical (unpaired) electrons. The van der Waals surface area contributed by atoms with Crippen molar-refractivity contribution >= 4 is 14.0 Å². The van der Waals surface area contributed by atoms with Crippen molar-refractivity contribution in [1.82, 2.24) is 9.55 Å². The molecule has 1 aromatic rings. The normalized spacial score (nSPS) is 15.6. The molecule has 17 heavy (non-hydrogen) atoms. The average molecular weight is 256 g/mol. The highest BCUT2D eigenvalue weighted by molar-refractivity contribution is 6.77. The van der Waals surface area contributed by atoms with Crippen molar-refractivity contribution in [2.45, 2.75) is 45.4 Å². The van der Waals surface area contributed by atoms with Crippen molar-refractivity contribution in [1.29, 1.82) is 0 Å². The van der Waals surface area contributed by atoms with Crippen LogP contribution in [-0.4, -0.2) is 34.4 Å². The number of carboxylic acid groups (broad SMARTS) is 1. The maximum absolute atomic E-state index is 10.9. The summed E-state index contributed by atoms with van der Waals surface area (Å²) in [6.45, 7) is 10.5. The molecule has 0 aromatic carbocycles. The third-order valence-corrected chi connectivity index (χ3v) is 5.45. The summed E-state index contributed by atoms with van der Waals surface area (Å²) < 4.78 is 7.41. The molecule has 0 spiro atoms. The number of hydrogen-bond donors (Lipinski definition) is 1. The smallest absolute Gasteiger partial charge is 0.372 e. The van der Waals surface area contributed by atoms with Crippen molar-refractivity contribution in [3.05, 3.63) is 18.2 Å². The number of rotatable bonds is 5. The molecule has 0 amide bonds. The fraction of sp³-hybridized carbons (Fsp3) is 0.636. The van der Waals surface area contributed by atoms with Crippen molar-refractivity contribution in [3.63, 3.8) is 0 Å². The van der Waals surface area contributed by atoms with Gasteiger partial charge in [0.2, 0.25) is 5.82 Å². The van der Waals surface area contributed by atoms with Gasteiger partial charge in [0, 0.05) is 18.1 Å². The number of aromatic carboxylic acids is 1. The first-order valence-corrected chi connectivity index (χ1v) is 9.23. The van der Waals surface area contributed by atoms with Crippen LogP contribution >= 0.6 is 0 Å². The van der Waals surface area contributed by atoms with E-state index in [-0.39, 0.29) is 17.8 Å². The molecule has 0 saturated carbocycles. The Morgan fingerprint density at radius 2 is 2.06 bits per heavy atom. The van der Waals surface area contributed by atoms with Gasteiger partial charge in [0.15, 0.2) is 0 Å². The van der Waals surface area contributed by atoms with Crippen LogP contribution in [0.5, 0.6) is 0 Å². The minimum Gasteiger partial charge on any atom is -0.475 e. The second-order valence-corrected chi connectivity index (χ2v) is 10.8. The van der Waals surface area contributed by atoms with Gasteiger partial charge < -0.3 is 9.84 Å². The minimum absolute atomic E-state index is 0.0141. The molecule has 1 aromatic heterocycles. The minimum atomic E-state index is -1.38. The average Bonchev–Trinajstić information content (AvgIpc) is 2.63. The van der Waals surface area contributed by atoms with Crippen molar-refractivity contribution in [2.24, 2.45) is 0 Å². The van der Waals surface area contributed by atoms with E-state index in [1.807, 2.05) is 13.8 Å². The zero-order valence-electron chi connectivity index (χ0n) is 11.0. The molecule has 5 nitrogen and oxygen atoms in total. The number of nitrogens with zero attached hydrogens (tertiary/aromatic N) is 2. The molecular weight excluding hydrogens is 236 g/mol. The predicted octanol–water partition coefficient (Wildman–Crippen LogP) is 2.38. The van der Waals surface area contributed by atoms with Gasteiger partial charge in [-0.3, -0.25) is 4.57 Å². The first-order valence-electron chi connectivity index (χ1n) is 5.65. The fourth-order valence-electron chi connectivity index (χ4n) is 1.34. The second-order valence-electron chi connectivity index (χ2n) is 5.21. The number of hydrogen-bond acceptors (Lipinski definition) is 3. The summed E-state index contributed by atoms with van der Waals surface area (Å²) in [7, 11) is -1.38. The molecule has 0 aliphatic heterocycles. The van der Waals surface area contributed by atoms with Gasteiger partial charge >= 0.3 is 5.97 Å². The Balaban J connectivity index is 2.80. The Bertz CT molecular complexity index is 398. The summed E-state index contributed by atoms with van der Waals surface area (Å²) in [4.78, 5) is 14.7. The predicted molar refractivity (Wildman–Crippen MR) is 67.8 cm³/mol. The van der Waals surface area contributed by atoms with Gasteiger partial charge in [-0.1, -0.05) is 19.6 Å². The molecule has 0 aliphatic rings. The SMILES string of the molecule is CC(O[C@@H](C)n1ccnc1C(=O)O)[Si](C)(C)C. The lowest BCUT2D eigenvalue weighted by Gasteiger charge is -2.29. The Labute approximate surface area is 102 Å². The summed E-state index contributed by atoms with van der Waals surface area (Å²) in [5.74, 6) is -1.02.